The summed E-state index contributed by atoms with van der Waals surface area (Å²) >= 11 is 0. The van der Waals surface area contributed by atoms with Crippen LogP contribution in [-0.4, -0.2) is 20.5 Å². The molecule has 0 saturated heterocycles. The molecular weight excluding hydrogens is 238 g/mol. The van der Waals surface area contributed by atoms with Gasteiger partial charge in [0.05, 0.1) is 6.07 Å². The summed E-state index contributed by atoms with van der Waals surface area (Å²) in [6.07, 6.45) is 3.71. The summed E-state index contributed by atoms with van der Waals surface area (Å²) in [7, 11) is -3.55. The highest BCUT2D eigenvalue weighted by Gasteiger charge is 2.37. The maximum Gasteiger partial charge on any atom is 0.278 e. The molecule has 5 nitrogen and oxygen atoms in total. The van der Waals surface area contributed by atoms with Gasteiger partial charge in [0.2, 0.25) is 0 Å². The molecule has 0 amide bonds. The molecule has 6 heteroatoms. The van der Waals surface area contributed by atoms with Gasteiger partial charge in [0, 0.05) is 6.54 Å². The first-order chi connectivity index (χ1) is 7.93. The van der Waals surface area contributed by atoms with E-state index in [1.165, 1.54) is 0 Å². The second kappa shape index (κ2) is 5.80. The highest BCUT2D eigenvalue weighted by Crippen LogP contribution is 2.31. The molecule has 17 heavy (non-hydrogen) atoms. The second-order valence-electron chi connectivity index (χ2n) is 4.88. The van der Waals surface area contributed by atoms with Crippen molar-refractivity contribution in [1.82, 2.24) is 9.44 Å². The lowest BCUT2D eigenvalue weighted by Gasteiger charge is -2.33. The van der Waals surface area contributed by atoms with Gasteiger partial charge in [-0.25, -0.2) is 4.72 Å². The van der Waals surface area contributed by atoms with E-state index in [0.717, 1.165) is 19.3 Å². The minimum atomic E-state index is -3.55. The molecule has 1 saturated carbocycles. The van der Waals surface area contributed by atoms with E-state index in [-0.39, 0.29) is 0 Å². The van der Waals surface area contributed by atoms with Crippen molar-refractivity contribution in [2.45, 2.75) is 51.5 Å². The van der Waals surface area contributed by atoms with Gasteiger partial charge in [-0.15, -0.1) is 0 Å². The predicted molar refractivity (Wildman–Crippen MR) is 66.3 cm³/mol. The van der Waals surface area contributed by atoms with Crippen LogP contribution in [0.5, 0.6) is 0 Å². The molecule has 0 aromatic rings. The molecule has 0 aromatic heterocycles. The van der Waals surface area contributed by atoms with Gasteiger partial charge in [-0.3, -0.25) is 0 Å². The Kier molecular flexibility index (Phi) is 4.92. The first-order valence-corrected chi connectivity index (χ1v) is 7.61. The summed E-state index contributed by atoms with van der Waals surface area (Å²) in [5.41, 5.74) is -0.911. The maximum absolute atomic E-state index is 11.7. The molecule has 1 rings (SSSR count). The zero-order valence-corrected chi connectivity index (χ0v) is 11.3. The van der Waals surface area contributed by atoms with Crippen LogP contribution < -0.4 is 9.44 Å². The lowest BCUT2D eigenvalue weighted by atomic mass is 9.79. The van der Waals surface area contributed by atoms with Crippen molar-refractivity contribution in [2.24, 2.45) is 5.92 Å². The average molecular weight is 259 g/mol. The molecule has 98 valence electrons. The molecular formula is C11H21N3O2S. The molecule has 0 aromatic carbocycles. The quantitative estimate of drug-likeness (QED) is 0.780. The van der Waals surface area contributed by atoms with Gasteiger partial charge in [0.1, 0.15) is 5.54 Å². The van der Waals surface area contributed by atoms with Crippen LogP contribution in [0.4, 0.5) is 0 Å². The van der Waals surface area contributed by atoms with Crippen molar-refractivity contribution in [3.8, 4) is 6.07 Å². The van der Waals surface area contributed by atoms with Gasteiger partial charge in [0.15, 0.2) is 0 Å². The Morgan fingerprint density at radius 2 is 2.00 bits per heavy atom. The fourth-order valence-corrected chi connectivity index (χ4v) is 3.33. The normalized spacial score (nSPS) is 29.8. The van der Waals surface area contributed by atoms with E-state index >= 15 is 0 Å². The lowest BCUT2D eigenvalue weighted by Crippen LogP contribution is -2.53. The third kappa shape index (κ3) is 4.26. The number of nitrogens with zero attached hydrogens (tertiary/aromatic N) is 1. The van der Waals surface area contributed by atoms with E-state index in [4.69, 9.17) is 0 Å². The fourth-order valence-electron chi connectivity index (χ4n) is 2.02. The van der Waals surface area contributed by atoms with E-state index in [1.807, 2.05) is 6.92 Å². The predicted octanol–water partition coefficient (Wildman–Crippen LogP) is 1.29. The summed E-state index contributed by atoms with van der Waals surface area (Å²) in [6.45, 7) is 4.42. The third-order valence-electron chi connectivity index (χ3n) is 3.21. The van der Waals surface area contributed by atoms with Crippen molar-refractivity contribution in [1.29, 1.82) is 5.26 Å². The number of nitrogens with one attached hydrogen (secondary N) is 2. The van der Waals surface area contributed by atoms with Crippen LogP contribution in [0, 0.1) is 17.2 Å². The van der Waals surface area contributed by atoms with E-state index in [0.29, 0.717) is 25.3 Å². The van der Waals surface area contributed by atoms with Crippen LogP contribution in [0.1, 0.15) is 46.0 Å². The highest BCUT2D eigenvalue weighted by atomic mass is 32.2. The maximum atomic E-state index is 11.7. The van der Waals surface area contributed by atoms with Crippen molar-refractivity contribution >= 4 is 10.2 Å². The Hall–Kier alpha value is -0.640. The van der Waals surface area contributed by atoms with Crippen LogP contribution in [0.3, 0.4) is 0 Å². The van der Waals surface area contributed by atoms with Gasteiger partial charge in [0.25, 0.3) is 10.2 Å². The molecule has 2 N–H and O–H groups in total. The van der Waals surface area contributed by atoms with Gasteiger partial charge in [-0.1, -0.05) is 13.8 Å². The largest absolute Gasteiger partial charge is 0.278 e. The first kappa shape index (κ1) is 14.4. The standard InChI is InChI=1S/C11H21N3O2S/c1-3-8-13-17(15,16)14-11(9-12)6-4-10(2)5-7-11/h10,13-14H,3-8H2,1-2H3. The van der Waals surface area contributed by atoms with Gasteiger partial charge < -0.3 is 0 Å². The molecule has 1 fully saturated rings. The average Bonchev–Trinajstić information content (AvgIpc) is 2.30. The molecule has 0 aliphatic heterocycles. The Morgan fingerprint density at radius 1 is 1.41 bits per heavy atom. The van der Waals surface area contributed by atoms with Crippen molar-refractivity contribution < 1.29 is 8.42 Å². The molecule has 0 atom stereocenters. The smallest absolute Gasteiger partial charge is 0.202 e. The first-order valence-electron chi connectivity index (χ1n) is 6.13. The van der Waals surface area contributed by atoms with Crippen LogP contribution in [0.2, 0.25) is 0 Å². The van der Waals surface area contributed by atoms with Crippen LogP contribution >= 0.6 is 0 Å². The van der Waals surface area contributed by atoms with E-state index in [9.17, 15) is 13.7 Å². The van der Waals surface area contributed by atoms with Gasteiger partial charge in [-0.2, -0.15) is 18.4 Å². The van der Waals surface area contributed by atoms with Crippen molar-refractivity contribution in [2.75, 3.05) is 6.54 Å². The van der Waals surface area contributed by atoms with Gasteiger partial charge >= 0.3 is 0 Å². The Bertz CT molecular complexity index is 378. The van der Waals surface area contributed by atoms with E-state index in [1.54, 1.807) is 0 Å². The van der Waals surface area contributed by atoms with Crippen molar-refractivity contribution in [3.63, 3.8) is 0 Å². The second-order valence-corrected chi connectivity index (χ2v) is 6.38. The molecule has 0 heterocycles. The zero-order chi connectivity index (χ0) is 12.9. The summed E-state index contributed by atoms with van der Waals surface area (Å²) < 4.78 is 28.4. The molecule has 0 unspecified atom stereocenters. The number of hydrogen-bond acceptors (Lipinski definition) is 3. The van der Waals surface area contributed by atoms with Crippen molar-refractivity contribution in [3.05, 3.63) is 0 Å². The molecule has 1 aliphatic rings. The fraction of sp³-hybridized carbons (Fsp3) is 0.909. The Morgan fingerprint density at radius 3 is 2.47 bits per heavy atom. The summed E-state index contributed by atoms with van der Waals surface area (Å²) in [4.78, 5) is 0. The highest BCUT2D eigenvalue weighted by molar-refractivity contribution is 7.87. The lowest BCUT2D eigenvalue weighted by molar-refractivity contribution is 0.277. The summed E-state index contributed by atoms with van der Waals surface area (Å²) in [6, 6.07) is 2.14. The Balaban J connectivity index is 2.67. The molecule has 0 spiro atoms. The summed E-state index contributed by atoms with van der Waals surface area (Å²) in [5, 5.41) is 9.21. The minimum absolute atomic E-state index is 0.396. The number of nitriles is 1. The van der Waals surface area contributed by atoms with Gasteiger partial charge in [-0.05, 0) is 38.0 Å². The number of rotatable bonds is 5. The topological polar surface area (TPSA) is 82.0 Å². The zero-order valence-electron chi connectivity index (χ0n) is 10.5. The summed E-state index contributed by atoms with van der Waals surface area (Å²) in [5.74, 6) is 0.574. The molecule has 0 radical (unpaired) electrons. The SMILES string of the molecule is CCCNS(=O)(=O)NC1(C#N)CCC(C)CC1. The third-order valence-corrected chi connectivity index (χ3v) is 4.46. The monoisotopic (exact) mass is 259 g/mol. The van der Waals surface area contributed by atoms with Crippen LogP contribution in [-0.2, 0) is 10.2 Å². The van der Waals surface area contributed by atoms with Crippen LogP contribution in [0.25, 0.3) is 0 Å². The Labute approximate surface area is 104 Å². The van der Waals surface area contributed by atoms with Crippen LogP contribution in [0.15, 0.2) is 0 Å². The van der Waals surface area contributed by atoms with E-state index < -0.39 is 15.7 Å². The van der Waals surface area contributed by atoms with E-state index in [2.05, 4.69) is 22.4 Å². The number of hydrogen-bond donors (Lipinski definition) is 2. The minimum Gasteiger partial charge on any atom is -0.202 e. The molecule has 0 bridgehead atoms. The molecule has 1 aliphatic carbocycles.